The fourth-order valence-corrected chi connectivity index (χ4v) is 2.67. The lowest BCUT2D eigenvalue weighted by atomic mass is 10.1. The van der Waals surface area contributed by atoms with Gasteiger partial charge in [0.2, 0.25) is 0 Å². The molecule has 0 unspecified atom stereocenters. The molecule has 0 amide bonds. The normalized spacial score (nSPS) is 13.8. The van der Waals surface area contributed by atoms with Crippen molar-refractivity contribution in [2.24, 2.45) is 0 Å². The Bertz CT molecular complexity index is 688. The van der Waals surface area contributed by atoms with Crippen LogP contribution in [0.3, 0.4) is 0 Å². The van der Waals surface area contributed by atoms with Gasteiger partial charge in [0.25, 0.3) is 0 Å². The second-order valence-electron chi connectivity index (χ2n) is 4.31. The molecule has 0 N–H and O–H groups in total. The van der Waals surface area contributed by atoms with Crippen LogP contribution >= 0.6 is 0 Å². The molecule has 1 aromatic carbocycles. The highest BCUT2D eigenvalue weighted by Gasteiger charge is 2.15. The van der Waals surface area contributed by atoms with Crippen LogP contribution in [0.15, 0.2) is 48.5 Å². The molecule has 1 heteroatoms. The summed E-state index contributed by atoms with van der Waals surface area (Å²) < 4.78 is 2.39. The van der Waals surface area contributed by atoms with Crippen molar-refractivity contribution in [1.82, 2.24) is 4.57 Å². The highest BCUT2D eigenvalue weighted by molar-refractivity contribution is 6.01. The number of hydrogen-bond donors (Lipinski definition) is 0. The summed E-state index contributed by atoms with van der Waals surface area (Å²) in [7, 11) is 0. The molecule has 0 saturated carbocycles. The van der Waals surface area contributed by atoms with E-state index in [0.717, 1.165) is 6.54 Å². The van der Waals surface area contributed by atoms with Gasteiger partial charge in [-0.05, 0) is 29.2 Å². The van der Waals surface area contributed by atoms with E-state index in [1.165, 1.54) is 27.7 Å². The van der Waals surface area contributed by atoms with E-state index in [-0.39, 0.29) is 0 Å². The van der Waals surface area contributed by atoms with E-state index >= 15 is 0 Å². The third-order valence-electron chi connectivity index (χ3n) is 3.39. The minimum atomic E-state index is 1.00. The molecular formula is C15H11N. The van der Waals surface area contributed by atoms with Gasteiger partial charge in [-0.1, -0.05) is 36.4 Å². The minimum absolute atomic E-state index is 1.00. The van der Waals surface area contributed by atoms with Gasteiger partial charge < -0.3 is 4.57 Å². The van der Waals surface area contributed by atoms with Gasteiger partial charge in [-0.2, -0.15) is 0 Å². The van der Waals surface area contributed by atoms with Crippen LogP contribution in [-0.2, 0) is 6.54 Å². The molecule has 0 fully saturated rings. The maximum Gasteiger partial charge on any atom is 0.0567 e. The maximum absolute atomic E-state index is 2.39. The molecule has 1 aliphatic carbocycles. The van der Waals surface area contributed by atoms with Crippen LogP contribution in [0.2, 0.25) is 0 Å². The minimum Gasteiger partial charge on any atom is -0.337 e. The van der Waals surface area contributed by atoms with Gasteiger partial charge in [0.05, 0.1) is 5.69 Å². The van der Waals surface area contributed by atoms with Crippen LogP contribution < -0.4 is 0 Å². The first-order valence-electron chi connectivity index (χ1n) is 5.61. The average molecular weight is 205 g/mol. The van der Waals surface area contributed by atoms with E-state index < -0.39 is 0 Å². The van der Waals surface area contributed by atoms with Crippen LogP contribution in [-0.4, -0.2) is 4.57 Å². The predicted octanol–water partition coefficient (Wildman–Crippen LogP) is 3.77. The molecule has 0 saturated heterocycles. The van der Waals surface area contributed by atoms with Crippen LogP contribution in [0.4, 0.5) is 0 Å². The summed E-state index contributed by atoms with van der Waals surface area (Å²) >= 11 is 0. The molecule has 76 valence electrons. The molecular weight excluding hydrogens is 194 g/mol. The lowest BCUT2D eigenvalue weighted by Gasteiger charge is -2.11. The van der Waals surface area contributed by atoms with E-state index in [1.54, 1.807) is 0 Å². The molecule has 16 heavy (non-hydrogen) atoms. The smallest absolute Gasteiger partial charge is 0.0567 e. The standard InChI is InChI=1S/C15H11N/c1-2-6-14-11(4-1)10-12-7-8-13-5-3-9-16(13)15(12)14/h1-8,10H,9H2. The van der Waals surface area contributed by atoms with Gasteiger partial charge in [-0.25, -0.2) is 0 Å². The first-order chi connectivity index (χ1) is 7.93. The molecule has 2 heterocycles. The third kappa shape index (κ3) is 0.904. The number of allylic oxidation sites excluding steroid dienone is 1. The summed E-state index contributed by atoms with van der Waals surface area (Å²) in [5.41, 5.74) is 4.02. The monoisotopic (exact) mass is 205 g/mol. The Hall–Kier alpha value is -2.02. The summed E-state index contributed by atoms with van der Waals surface area (Å²) in [5.74, 6) is 0. The Morgan fingerprint density at radius 3 is 2.94 bits per heavy atom. The van der Waals surface area contributed by atoms with Gasteiger partial charge in [-0.3, -0.25) is 0 Å². The van der Waals surface area contributed by atoms with Gasteiger partial charge in [0, 0.05) is 17.6 Å². The van der Waals surface area contributed by atoms with Crippen LogP contribution in [0.5, 0.6) is 0 Å². The summed E-state index contributed by atoms with van der Waals surface area (Å²) in [6.07, 6.45) is 4.41. The number of benzene rings is 1. The van der Waals surface area contributed by atoms with Crippen molar-refractivity contribution in [2.75, 3.05) is 0 Å². The zero-order valence-electron chi connectivity index (χ0n) is 8.85. The van der Waals surface area contributed by atoms with Crippen LogP contribution in [0, 0.1) is 0 Å². The molecule has 0 spiro atoms. The Morgan fingerprint density at radius 2 is 1.94 bits per heavy atom. The van der Waals surface area contributed by atoms with Gasteiger partial charge in [-0.15, -0.1) is 0 Å². The number of nitrogens with zero attached hydrogens (tertiary/aromatic N) is 1. The first-order valence-corrected chi connectivity index (χ1v) is 5.61. The van der Waals surface area contributed by atoms with Crippen LogP contribution in [0.1, 0.15) is 5.69 Å². The highest BCUT2D eigenvalue weighted by atomic mass is 15.0. The quantitative estimate of drug-likeness (QED) is 0.526. The van der Waals surface area contributed by atoms with Crippen molar-refractivity contribution in [3.05, 3.63) is 54.2 Å². The average Bonchev–Trinajstić information content (AvgIpc) is 2.91. The van der Waals surface area contributed by atoms with Crippen molar-refractivity contribution in [2.45, 2.75) is 6.54 Å². The topological polar surface area (TPSA) is 4.93 Å². The lowest BCUT2D eigenvalue weighted by Crippen LogP contribution is -2.00. The second-order valence-corrected chi connectivity index (χ2v) is 4.31. The molecule has 0 atom stereocenters. The Labute approximate surface area is 94.0 Å². The van der Waals surface area contributed by atoms with E-state index in [2.05, 4.69) is 59.2 Å². The molecule has 1 nitrogen and oxygen atoms in total. The number of rotatable bonds is 0. The molecule has 3 aliphatic rings. The number of aromatic nitrogens is 1. The Balaban J connectivity index is 2.24. The SMILES string of the molecule is C1=Cc2ccc3cc4ccccc4c-3n2C1. The van der Waals surface area contributed by atoms with E-state index in [4.69, 9.17) is 0 Å². The second kappa shape index (κ2) is 2.76. The summed E-state index contributed by atoms with van der Waals surface area (Å²) in [6, 6.07) is 15.3. The number of fused-ring (bicyclic) bond motifs is 5. The fraction of sp³-hybridized carbons (Fsp3) is 0.0667. The predicted molar refractivity (Wildman–Crippen MR) is 67.6 cm³/mol. The lowest BCUT2D eigenvalue weighted by molar-refractivity contribution is 0.845. The van der Waals surface area contributed by atoms with E-state index in [9.17, 15) is 0 Å². The fourth-order valence-electron chi connectivity index (χ4n) is 2.67. The van der Waals surface area contributed by atoms with Crippen molar-refractivity contribution < 1.29 is 0 Å². The highest BCUT2D eigenvalue weighted by Crippen LogP contribution is 2.36. The largest absolute Gasteiger partial charge is 0.337 e. The molecule has 0 aromatic heterocycles. The third-order valence-corrected chi connectivity index (χ3v) is 3.39. The zero-order valence-corrected chi connectivity index (χ0v) is 8.85. The summed E-state index contributed by atoms with van der Waals surface area (Å²) in [4.78, 5) is 0. The van der Waals surface area contributed by atoms with Crippen molar-refractivity contribution in [3.63, 3.8) is 0 Å². The Morgan fingerprint density at radius 1 is 1.00 bits per heavy atom. The molecule has 0 radical (unpaired) electrons. The maximum atomic E-state index is 2.39. The molecule has 4 rings (SSSR count). The van der Waals surface area contributed by atoms with Gasteiger partial charge >= 0.3 is 0 Å². The van der Waals surface area contributed by atoms with Crippen molar-refractivity contribution >= 4 is 16.8 Å². The van der Waals surface area contributed by atoms with Gasteiger partial charge in [0.1, 0.15) is 0 Å². The summed E-state index contributed by atoms with van der Waals surface area (Å²) in [5, 5.41) is 2.70. The number of hydrogen-bond acceptors (Lipinski definition) is 0. The van der Waals surface area contributed by atoms with Crippen LogP contribution in [0.25, 0.3) is 28.1 Å². The first kappa shape index (κ1) is 8.17. The molecule has 1 aromatic rings. The molecule has 2 aliphatic heterocycles. The molecule has 0 bridgehead atoms. The number of pyridine rings is 1. The van der Waals surface area contributed by atoms with E-state index in [1.807, 2.05) is 0 Å². The van der Waals surface area contributed by atoms with Crippen molar-refractivity contribution in [3.8, 4) is 11.3 Å². The van der Waals surface area contributed by atoms with Gasteiger partial charge in [0.15, 0.2) is 0 Å². The van der Waals surface area contributed by atoms with E-state index in [0.29, 0.717) is 0 Å². The Kier molecular flexibility index (Phi) is 1.41. The zero-order chi connectivity index (χ0) is 10.5. The summed E-state index contributed by atoms with van der Waals surface area (Å²) in [6.45, 7) is 1.00. The van der Waals surface area contributed by atoms with Crippen molar-refractivity contribution in [1.29, 1.82) is 0 Å².